The van der Waals surface area contributed by atoms with Crippen molar-refractivity contribution in [3.05, 3.63) is 23.8 Å². The fourth-order valence-electron chi connectivity index (χ4n) is 1.43. The molecule has 0 radical (unpaired) electrons. The normalized spacial score (nSPS) is 10.1. The Labute approximate surface area is 92.0 Å². The molecule has 0 fully saturated rings. The molecular formula is C11H10N2O3. The van der Waals surface area contributed by atoms with Crippen molar-refractivity contribution in [2.24, 2.45) is 0 Å². The Morgan fingerprint density at radius 3 is 2.44 bits per heavy atom. The smallest absolute Gasteiger partial charge is 0.278 e. The molecule has 16 heavy (non-hydrogen) atoms. The van der Waals surface area contributed by atoms with E-state index in [9.17, 15) is 4.79 Å². The van der Waals surface area contributed by atoms with Crippen LogP contribution in [-0.2, 0) is 0 Å². The van der Waals surface area contributed by atoms with Crippen molar-refractivity contribution in [2.45, 2.75) is 0 Å². The first-order valence-corrected chi connectivity index (χ1v) is 4.64. The number of fused-ring (bicyclic) bond motifs is 1. The minimum Gasteiger partial charge on any atom is -0.477 e. The molecule has 0 atom stereocenters. The van der Waals surface area contributed by atoms with Crippen LogP contribution in [0.3, 0.4) is 0 Å². The van der Waals surface area contributed by atoms with Crippen LogP contribution in [0.2, 0.25) is 0 Å². The Morgan fingerprint density at radius 2 is 1.81 bits per heavy atom. The standard InChI is InChI=1S/C11H10N2O3/c1-15-10-11(16-2)13-9-7(6-14)4-3-5-8(9)12-10/h3-6H,1-2H3. The molecule has 1 aromatic heterocycles. The van der Waals surface area contributed by atoms with E-state index in [0.717, 1.165) is 6.29 Å². The summed E-state index contributed by atoms with van der Waals surface area (Å²) in [6, 6.07) is 5.18. The minimum atomic E-state index is 0.268. The molecule has 2 aromatic rings. The highest BCUT2D eigenvalue weighted by molar-refractivity contribution is 5.94. The predicted molar refractivity (Wildman–Crippen MR) is 58.0 cm³/mol. The first kappa shape index (κ1) is 10.4. The SMILES string of the molecule is COc1nc2cccc(C=O)c2nc1OC. The molecule has 0 bridgehead atoms. The highest BCUT2D eigenvalue weighted by atomic mass is 16.5. The topological polar surface area (TPSA) is 61.3 Å². The number of para-hydroxylation sites is 1. The number of carbonyl (C=O) groups excluding carboxylic acids is 1. The maximum Gasteiger partial charge on any atom is 0.278 e. The average molecular weight is 218 g/mol. The maximum atomic E-state index is 10.8. The molecule has 0 amide bonds. The van der Waals surface area contributed by atoms with E-state index in [1.807, 2.05) is 0 Å². The maximum absolute atomic E-state index is 10.8. The van der Waals surface area contributed by atoms with Gasteiger partial charge in [-0.05, 0) is 12.1 Å². The van der Waals surface area contributed by atoms with Gasteiger partial charge < -0.3 is 9.47 Å². The molecule has 0 aliphatic carbocycles. The number of nitrogens with zero attached hydrogens (tertiary/aromatic N) is 2. The van der Waals surface area contributed by atoms with Crippen molar-refractivity contribution in [1.82, 2.24) is 9.97 Å². The van der Waals surface area contributed by atoms with E-state index < -0.39 is 0 Å². The van der Waals surface area contributed by atoms with Gasteiger partial charge in [-0.1, -0.05) is 6.07 Å². The van der Waals surface area contributed by atoms with E-state index in [1.165, 1.54) is 14.2 Å². The number of rotatable bonds is 3. The summed E-state index contributed by atoms with van der Waals surface area (Å²) in [6.07, 6.45) is 0.739. The predicted octanol–water partition coefficient (Wildman–Crippen LogP) is 1.46. The van der Waals surface area contributed by atoms with Gasteiger partial charge in [0, 0.05) is 5.56 Å². The third-order valence-corrected chi connectivity index (χ3v) is 2.18. The largest absolute Gasteiger partial charge is 0.477 e. The van der Waals surface area contributed by atoms with Crippen LogP contribution in [-0.4, -0.2) is 30.5 Å². The number of ether oxygens (including phenoxy) is 2. The van der Waals surface area contributed by atoms with Crippen molar-refractivity contribution >= 4 is 17.3 Å². The molecule has 1 aromatic carbocycles. The summed E-state index contributed by atoms with van der Waals surface area (Å²) in [5, 5.41) is 0. The van der Waals surface area contributed by atoms with Crippen LogP contribution in [0.1, 0.15) is 10.4 Å². The van der Waals surface area contributed by atoms with Gasteiger partial charge in [0.1, 0.15) is 5.52 Å². The van der Waals surface area contributed by atoms with E-state index in [4.69, 9.17) is 9.47 Å². The van der Waals surface area contributed by atoms with E-state index in [1.54, 1.807) is 18.2 Å². The number of carbonyl (C=O) groups is 1. The lowest BCUT2D eigenvalue weighted by atomic mass is 10.2. The van der Waals surface area contributed by atoms with Crippen LogP contribution in [0.25, 0.3) is 11.0 Å². The molecule has 0 N–H and O–H groups in total. The van der Waals surface area contributed by atoms with Gasteiger partial charge in [0.2, 0.25) is 0 Å². The second kappa shape index (κ2) is 4.14. The van der Waals surface area contributed by atoms with Crippen molar-refractivity contribution in [1.29, 1.82) is 0 Å². The lowest BCUT2D eigenvalue weighted by molar-refractivity contribution is 0.112. The van der Waals surface area contributed by atoms with Crippen LogP contribution in [0, 0.1) is 0 Å². The fourth-order valence-corrected chi connectivity index (χ4v) is 1.43. The molecule has 82 valence electrons. The number of hydrogen-bond donors (Lipinski definition) is 0. The summed E-state index contributed by atoms with van der Waals surface area (Å²) in [5.74, 6) is 0.572. The van der Waals surface area contributed by atoms with Gasteiger partial charge in [-0.2, -0.15) is 0 Å². The quantitative estimate of drug-likeness (QED) is 0.730. The summed E-state index contributed by atoms with van der Waals surface area (Å²) >= 11 is 0. The molecular weight excluding hydrogens is 208 g/mol. The molecule has 0 spiro atoms. The van der Waals surface area contributed by atoms with E-state index >= 15 is 0 Å². The number of aldehydes is 1. The third-order valence-electron chi connectivity index (χ3n) is 2.18. The molecule has 0 aliphatic heterocycles. The second-order valence-corrected chi connectivity index (χ2v) is 3.07. The number of benzene rings is 1. The number of methoxy groups -OCH3 is 2. The molecule has 0 unspecified atom stereocenters. The van der Waals surface area contributed by atoms with E-state index in [-0.39, 0.29) is 5.88 Å². The summed E-state index contributed by atoms with van der Waals surface area (Å²) in [6.45, 7) is 0. The fraction of sp³-hybridized carbons (Fsp3) is 0.182. The molecule has 1 heterocycles. The Bertz CT molecular complexity index is 540. The van der Waals surface area contributed by atoms with Crippen LogP contribution in [0.4, 0.5) is 0 Å². The van der Waals surface area contributed by atoms with E-state index in [2.05, 4.69) is 9.97 Å². The van der Waals surface area contributed by atoms with Crippen LogP contribution >= 0.6 is 0 Å². The first-order chi connectivity index (χ1) is 7.80. The molecule has 0 saturated heterocycles. The Kier molecular flexibility index (Phi) is 2.68. The monoisotopic (exact) mass is 218 g/mol. The minimum absolute atomic E-state index is 0.268. The number of aromatic nitrogens is 2. The van der Waals surface area contributed by atoms with Gasteiger partial charge in [-0.25, -0.2) is 9.97 Å². The second-order valence-electron chi connectivity index (χ2n) is 3.07. The lowest BCUT2D eigenvalue weighted by Gasteiger charge is -2.07. The van der Waals surface area contributed by atoms with Gasteiger partial charge in [0.05, 0.1) is 19.7 Å². The Balaban J connectivity index is 2.77. The number of hydrogen-bond acceptors (Lipinski definition) is 5. The Hall–Kier alpha value is -2.17. The Morgan fingerprint density at radius 1 is 1.12 bits per heavy atom. The van der Waals surface area contributed by atoms with Crippen LogP contribution in [0.5, 0.6) is 11.8 Å². The van der Waals surface area contributed by atoms with Crippen molar-refractivity contribution in [2.75, 3.05) is 14.2 Å². The molecule has 0 saturated carbocycles. The zero-order chi connectivity index (χ0) is 11.5. The van der Waals surface area contributed by atoms with Gasteiger partial charge in [0.25, 0.3) is 11.8 Å². The van der Waals surface area contributed by atoms with E-state index in [0.29, 0.717) is 22.5 Å². The van der Waals surface area contributed by atoms with Crippen LogP contribution in [0.15, 0.2) is 18.2 Å². The summed E-state index contributed by atoms with van der Waals surface area (Å²) in [5.41, 5.74) is 1.59. The van der Waals surface area contributed by atoms with Gasteiger partial charge in [-0.3, -0.25) is 4.79 Å². The first-order valence-electron chi connectivity index (χ1n) is 4.64. The molecule has 5 heteroatoms. The van der Waals surface area contributed by atoms with Crippen molar-refractivity contribution < 1.29 is 14.3 Å². The van der Waals surface area contributed by atoms with Crippen molar-refractivity contribution in [3.63, 3.8) is 0 Å². The van der Waals surface area contributed by atoms with Gasteiger partial charge in [-0.15, -0.1) is 0 Å². The summed E-state index contributed by atoms with van der Waals surface area (Å²) in [7, 11) is 2.96. The van der Waals surface area contributed by atoms with Crippen molar-refractivity contribution in [3.8, 4) is 11.8 Å². The zero-order valence-corrected chi connectivity index (χ0v) is 8.93. The lowest BCUT2D eigenvalue weighted by Crippen LogP contribution is -1.98. The highest BCUT2D eigenvalue weighted by Gasteiger charge is 2.11. The van der Waals surface area contributed by atoms with Gasteiger partial charge in [0.15, 0.2) is 6.29 Å². The molecule has 5 nitrogen and oxygen atoms in total. The highest BCUT2D eigenvalue weighted by Crippen LogP contribution is 2.25. The molecule has 0 aliphatic rings. The average Bonchev–Trinajstić information content (AvgIpc) is 2.36. The zero-order valence-electron chi connectivity index (χ0n) is 8.93. The molecule has 2 rings (SSSR count). The van der Waals surface area contributed by atoms with Gasteiger partial charge >= 0.3 is 0 Å². The van der Waals surface area contributed by atoms with Crippen LogP contribution < -0.4 is 9.47 Å². The third kappa shape index (κ3) is 1.56. The summed E-state index contributed by atoms with van der Waals surface area (Å²) in [4.78, 5) is 19.2. The summed E-state index contributed by atoms with van der Waals surface area (Å²) < 4.78 is 10.1.